The second-order valence-corrected chi connectivity index (χ2v) is 9.49. The largest absolute Gasteiger partial charge is 0.469 e. The predicted octanol–water partition coefficient (Wildman–Crippen LogP) is 4.39. The van der Waals surface area contributed by atoms with Crippen molar-refractivity contribution in [3.63, 3.8) is 0 Å². The number of carbonyl (C=O) groups excluding carboxylic acids is 3. The highest BCUT2D eigenvalue weighted by Gasteiger charge is 2.29. The standard InChI is InChI=1S/C30H31FN4O4/c1-19(36)35(15-14-34(2)3)24-11-9-23(10-12-24)32-29(21-7-5-6-20(16-21)17-27(37)39-4)28-25-13-8-22(31)18-26(25)33-30(28)38/h5-13,16,18,32H,14-15,17H2,1-4H3,(H,33,38)/b29-28-. The Morgan fingerprint density at radius 3 is 2.41 bits per heavy atom. The molecular weight excluding hydrogens is 499 g/mol. The maximum absolute atomic E-state index is 13.9. The maximum Gasteiger partial charge on any atom is 0.309 e. The summed E-state index contributed by atoms with van der Waals surface area (Å²) in [5.74, 6) is -1.27. The minimum Gasteiger partial charge on any atom is -0.469 e. The number of halogens is 1. The number of benzene rings is 3. The number of ether oxygens (including phenoxy) is 1. The Balaban J connectivity index is 1.75. The number of anilines is 3. The molecule has 0 radical (unpaired) electrons. The zero-order valence-electron chi connectivity index (χ0n) is 22.4. The van der Waals surface area contributed by atoms with Gasteiger partial charge in [-0.2, -0.15) is 0 Å². The third-order valence-corrected chi connectivity index (χ3v) is 6.37. The molecule has 8 nitrogen and oxygen atoms in total. The summed E-state index contributed by atoms with van der Waals surface area (Å²) in [5, 5.41) is 6.10. The van der Waals surface area contributed by atoms with Gasteiger partial charge in [-0.3, -0.25) is 14.4 Å². The second kappa shape index (κ2) is 11.9. The van der Waals surface area contributed by atoms with E-state index < -0.39 is 5.82 Å². The zero-order chi connectivity index (χ0) is 28.1. The molecule has 1 heterocycles. The van der Waals surface area contributed by atoms with Crippen molar-refractivity contribution < 1.29 is 23.5 Å². The molecule has 0 saturated heterocycles. The molecule has 0 fully saturated rings. The van der Waals surface area contributed by atoms with Crippen LogP contribution >= 0.6 is 0 Å². The van der Waals surface area contributed by atoms with Crippen molar-refractivity contribution in [3.05, 3.63) is 89.2 Å². The van der Waals surface area contributed by atoms with Gasteiger partial charge in [-0.1, -0.05) is 18.2 Å². The van der Waals surface area contributed by atoms with E-state index in [9.17, 15) is 18.8 Å². The van der Waals surface area contributed by atoms with Crippen LogP contribution in [-0.4, -0.2) is 57.0 Å². The number of esters is 1. The average molecular weight is 531 g/mol. The lowest BCUT2D eigenvalue weighted by Gasteiger charge is -2.23. The summed E-state index contributed by atoms with van der Waals surface area (Å²) in [6, 6.07) is 18.8. The first-order valence-electron chi connectivity index (χ1n) is 12.5. The first-order chi connectivity index (χ1) is 18.7. The van der Waals surface area contributed by atoms with E-state index in [1.54, 1.807) is 23.1 Å². The van der Waals surface area contributed by atoms with Crippen LogP contribution < -0.4 is 15.5 Å². The number of likely N-dealkylation sites (N-methyl/N-ethyl adjacent to an activating group) is 1. The molecule has 1 aliphatic rings. The minimum atomic E-state index is -0.454. The highest BCUT2D eigenvalue weighted by atomic mass is 19.1. The van der Waals surface area contributed by atoms with Crippen LogP contribution in [0.4, 0.5) is 21.5 Å². The van der Waals surface area contributed by atoms with Crippen LogP contribution in [0.2, 0.25) is 0 Å². The molecule has 0 aromatic heterocycles. The molecule has 1 aliphatic heterocycles. The van der Waals surface area contributed by atoms with Gasteiger partial charge in [0.15, 0.2) is 0 Å². The molecule has 0 saturated carbocycles. The maximum atomic E-state index is 13.9. The molecule has 39 heavy (non-hydrogen) atoms. The fourth-order valence-corrected chi connectivity index (χ4v) is 4.39. The van der Waals surface area contributed by atoms with E-state index in [1.807, 2.05) is 55.4 Å². The summed E-state index contributed by atoms with van der Waals surface area (Å²) in [4.78, 5) is 41.0. The Bertz CT molecular complexity index is 1430. The van der Waals surface area contributed by atoms with E-state index in [1.165, 1.54) is 26.2 Å². The number of nitrogens with zero attached hydrogens (tertiary/aromatic N) is 2. The van der Waals surface area contributed by atoms with Crippen molar-refractivity contribution >= 4 is 46.1 Å². The van der Waals surface area contributed by atoms with Gasteiger partial charge in [0.05, 0.1) is 30.5 Å². The zero-order valence-corrected chi connectivity index (χ0v) is 22.4. The molecule has 3 aromatic rings. The summed E-state index contributed by atoms with van der Waals surface area (Å²) in [5.41, 5.74) is 4.60. The number of hydrogen-bond donors (Lipinski definition) is 2. The van der Waals surface area contributed by atoms with Crippen molar-refractivity contribution in [2.24, 2.45) is 0 Å². The topological polar surface area (TPSA) is 91.0 Å². The highest BCUT2D eigenvalue weighted by molar-refractivity contribution is 6.37. The van der Waals surface area contributed by atoms with Crippen molar-refractivity contribution in [1.82, 2.24) is 4.90 Å². The van der Waals surface area contributed by atoms with Gasteiger partial charge >= 0.3 is 5.97 Å². The Morgan fingerprint density at radius 2 is 1.74 bits per heavy atom. The Kier molecular flexibility index (Phi) is 8.41. The monoisotopic (exact) mass is 530 g/mol. The molecule has 2 N–H and O–H groups in total. The lowest BCUT2D eigenvalue weighted by molar-refractivity contribution is -0.139. The molecule has 0 bridgehead atoms. The van der Waals surface area contributed by atoms with Crippen LogP contribution in [0, 0.1) is 5.82 Å². The van der Waals surface area contributed by atoms with Crippen LogP contribution in [0.25, 0.3) is 11.3 Å². The molecule has 202 valence electrons. The van der Waals surface area contributed by atoms with E-state index in [-0.39, 0.29) is 24.2 Å². The number of rotatable bonds is 9. The van der Waals surface area contributed by atoms with Crippen molar-refractivity contribution in [2.45, 2.75) is 13.3 Å². The lowest BCUT2D eigenvalue weighted by atomic mass is 9.98. The van der Waals surface area contributed by atoms with E-state index in [0.717, 1.165) is 5.69 Å². The Hall–Kier alpha value is -4.50. The molecule has 0 unspecified atom stereocenters. The highest BCUT2D eigenvalue weighted by Crippen LogP contribution is 2.38. The van der Waals surface area contributed by atoms with E-state index in [0.29, 0.717) is 52.4 Å². The fraction of sp³-hybridized carbons (Fsp3) is 0.233. The van der Waals surface area contributed by atoms with Gasteiger partial charge in [-0.05, 0) is 73.8 Å². The van der Waals surface area contributed by atoms with Crippen LogP contribution in [-0.2, 0) is 25.5 Å². The molecule has 2 amide bonds. The Labute approximate surface area is 227 Å². The molecule has 4 rings (SSSR count). The average Bonchev–Trinajstić information content (AvgIpc) is 3.22. The van der Waals surface area contributed by atoms with Crippen LogP contribution in [0.15, 0.2) is 66.7 Å². The molecule has 0 spiro atoms. The normalized spacial score (nSPS) is 13.5. The Morgan fingerprint density at radius 1 is 1.00 bits per heavy atom. The molecular formula is C30H31FN4O4. The summed E-state index contributed by atoms with van der Waals surface area (Å²) < 4.78 is 18.7. The molecule has 0 aliphatic carbocycles. The number of carbonyl (C=O) groups is 3. The summed E-state index contributed by atoms with van der Waals surface area (Å²) >= 11 is 0. The van der Waals surface area contributed by atoms with E-state index in [2.05, 4.69) is 10.6 Å². The van der Waals surface area contributed by atoms with E-state index >= 15 is 0 Å². The number of fused-ring (bicyclic) bond motifs is 1. The quantitative estimate of drug-likeness (QED) is 0.315. The van der Waals surface area contributed by atoms with Crippen molar-refractivity contribution in [1.29, 1.82) is 0 Å². The first-order valence-corrected chi connectivity index (χ1v) is 12.5. The van der Waals surface area contributed by atoms with Crippen molar-refractivity contribution in [3.8, 4) is 0 Å². The van der Waals surface area contributed by atoms with Gasteiger partial charge in [-0.15, -0.1) is 0 Å². The summed E-state index contributed by atoms with van der Waals surface area (Å²) in [7, 11) is 5.23. The molecule has 9 heteroatoms. The third kappa shape index (κ3) is 6.50. The van der Waals surface area contributed by atoms with E-state index in [4.69, 9.17) is 4.74 Å². The SMILES string of the molecule is COC(=O)Cc1cccc(/C(Nc2ccc(N(CCN(C)C)C(C)=O)cc2)=C2/C(=O)Nc3cc(F)ccc32)c1. The predicted molar refractivity (Wildman–Crippen MR) is 151 cm³/mol. The summed E-state index contributed by atoms with van der Waals surface area (Å²) in [6.45, 7) is 2.79. The van der Waals surface area contributed by atoms with Crippen molar-refractivity contribution in [2.75, 3.05) is 49.8 Å². The number of hydrogen-bond acceptors (Lipinski definition) is 6. The third-order valence-electron chi connectivity index (χ3n) is 6.37. The smallest absolute Gasteiger partial charge is 0.309 e. The van der Waals surface area contributed by atoms with Gasteiger partial charge in [-0.25, -0.2) is 4.39 Å². The fourth-order valence-electron chi connectivity index (χ4n) is 4.39. The van der Waals surface area contributed by atoms with Gasteiger partial charge in [0, 0.05) is 37.0 Å². The molecule has 3 aromatic carbocycles. The minimum absolute atomic E-state index is 0.0609. The van der Waals surface area contributed by atoms with Gasteiger partial charge < -0.3 is 25.2 Å². The lowest BCUT2D eigenvalue weighted by Crippen LogP contribution is -2.35. The number of nitrogens with one attached hydrogen (secondary N) is 2. The van der Waals surface area contributed by atoms with Crippen LogP contribution in [0.3, 0.4) is 0 Å². The first kappa shape index (κ1) is 27.5. The van der Waals surface area contributed by atoms with Crippen LogP contribution in [0.5, 0.6) is 0 Å². The van der Waals surface area contributed by atoms with Gasteiger partial charge in [0.25, 0.3) is 5.91 Å². The van der Waals surface area contributed by atoms with Gasteiger partial charge in [0.2, 0.25) is 5.91 Å². The number of methoxy groups -OCH3 is 1. The van der Waals surface area contributed by atoms with Gasteiger partial charge in [0.1, 0.15) is 5.82 Å². The summed E-state index contributed by atoms with van der Waals surface area (Å²) in [6.07, 6.45) is 0.0729. The van der Waals surface area contributed by atoms with Crippen LogP contribution in [0.1, 0.15) is 23.6 Å². The number of amides is 2. The second-order valence-electron chi connectivity index (χ2n) is 9.49. The molecule has 0 atom stereocenters.